The Morgan fingerprint density at radius 1 is 1.19 bits per heavy atom. The molecule has 2 N–H and O–H groups in total. The van der Waals surface area contributed by atoms with Crippen LogP contribution >= 0.6 is 0 Å². The first-order valence-electron chi connectivity index (χ1n) is 11.6. The van der Waals surface area contributed by atoms with Crippen LogP contribution in [0, 0.1) is 23.2 Å². The molecule has 3 saturated heterocycles. The molecule has 4 aliphatic rings. The summed E-state index contributed by atoms with van der Waals surface area (Å²) < 4.78 is 43.3. The number of carbonyl (C=O) groups is 2. The minimum Gasteiger partial charge on any atom is -0.432 e. The standard InChI is InChI=1S/C22H31F3N4O3/c1-3-14(4-2)28-15-5-6-16(28)8-12(7-15)18(27)19(30)29-17(11-26)9-13-10-21(13,29)32-20(31)22(23,24)25/h12-18H,3-10,27H2,1-2H3/t12?,13-,15?,16?,17+,18+,21+/m1/s1. The van der Waals surface area contributed by atoms with Crippen LogP contribution in [0.25, 0.3) is 0 Å². The summed E-state index contributed by atoms with van der Waals surface area (Å²) in [7, 11) is 0. The molecule has 6 atom stereocenters. The minimum absolute atomic E-state index is 0.113. The molecule has 4 rings (SSSR count). The Kier molecular flexibility index (Phi) is 5.95. The van der Waals surface area contributed by atoms with E-state index >= 15 is 0 Å². The summed E-state index contributed by atoms with van der Waals surface area (Å²) in [5, 5.41) is 9.51. The van der Waals surface area contributed by atoms with Gasteiger partial charge in [0.25, 0.3) is 0 Å². The molecule has 2 bridgehead atoms. The van der Waals surface area contributed by atoms with Crippen LogP contribution in [0.1, 0.15) is 65.2 Å². The van der Waals surface area contributed by atoms with Crippen molar-refractivity contribution >= 4 is 11.9 Å². The molecule has 0 radical (unpaired) electrons. The lowest BCUT2D eigenvalue weighted by atomic mass is 9.83. The lowest BCUT2D eigenvalue weighted by molar-refractivity contribution is -0.217. The molecule has 1 saturated carbocycles. The van der Waals surface area contributed by atoms with Crippen molar-refractivity contribution in [3.05, 3.63) is 0 Å². The third-order valence-electron chi connectivity index (χ3n) is 8.11. The number of esters is 1. The summed E-state index contributed by atoms with van der Waals surface area (Å²) in [4.78, 5) is 28.6. The number of rotatable bonds is 6. The number of amides is 1. The van der Waals surface area contributed by atoms with Crippen LogP contribution in [0.4, 0.5) is 13.2 Å². The maximum Gasteiger partial charge on any atom is 0.491 e. The van der Waals surface area contributed by atoms with Crippen molar-refractivity contribution in [3.63, 3.8) is 0 Å². The monoisotopic (exact) mass is 456 g/mol. The lowest BCUT2D eigenvalue weighted by Gasteiger charge is -2.45. The first-order valence-corrected chi connectivity index (χ1v) is 11.6. The second-order valence-corrected chi connectivity index (χ2v) is 9.78. The smallest absolute Gasteiger partial charge is 0.432 e. The number of halogens is 3. The van der Waals surface area contributed by atoms with E-state index in [9.17, 15) is 28.0 Å². The van der Waals surface area contributed by atoms with Crippen molar-refractivity contribution in [2.24, 2.45) is 17.6 Å². The zero-order valence-corrected chi connectivity index (χ0v) is 18.5. The van der Waals surface area contributed by atoms with E-state index < -0.39 is 41.8 Å². The Morgan fingerprint density at radius 2 is 1.78 bits per heavy atom. The number of ether oxygens (including phenoxy) is 1. The first-order chi connectivity index (χ1) is 15.1. The van der Waals surface area contributed by atoms with Crippen LogP contribution < -0.4 is 5.73 Å². The summed E-state index contributed by atoms with van der Waals surface area (Å²) in [6.07, 6.45) is 0.882. The number of nitrogens with two attached hydrogens (primary N) is 1. The lowest BCUT2D eigenvalue weighted by Crippen LogP contribution is -2.58. The zero-order chi connectivity index (χ0) is 23.4. The number of fused-ring (bicyclic) bond motifs is 3. The number of piperidine rings is 2. The highest BCUT2D eigenvalue weighted by Gasteiger charge is 2.72. The van der Waals surface area contributed by atoms with Crippen molar-refractivity contribution in [2.45, 2.75) is 107 Å². The SMILES string of the molecule is CCC(CC)N1C2CCC1CC([C@H](N)C(=O)N1[C@H](C#N)C[C@@H]3C[C@]31OC(=O)C(F)(F)F)C2. The maximum atomic E-state index is 13.4. The number of carbonyl (C=O) groups excluding carboxylic acids is 2. The largest absolute Gasteiger partial charge is 0.491 e. The Hall–Kier alpha value is -1.86. The maximum absolute atomic E-state index is 13.4. The van der Waals surface area contributed by atoms with Crippen LogP contribution in [0.15, 0.2) is 0 Å². The summed E-state index contributed by atoms with van der Waals surface area (Å²) in [6.45, 7) is 4.36. The van der Waals surface area contributed by atoms with E-state index in [0.717, 1.165) is 43.4 Å². The van der Waals surface area contributed by atoms with Crippen molar-refractivity contribution in [3.8, 4) is 6.07 Å². The molecular weight excluding hydrogens is 425 g/mol. The molecule has 10 heteroatoms. The molecule has 0 aromatic heterocycles. The topological polar surface area (TPSA) is 99.7 Å². The first kappa shape index (κ1) is 23.3. The second kappa shape index (κ2) is 8.17. The summed E-state index contributed by atoms with van der Waals surface area (Å²) in [5.74, 6) is -3.48. The predicted octanol–water partition coefficient (Wildman–Crippen LogP) is 2.69. The van der Waals surface area contributed by atoms with Gasteiger partial charge in [-0.1, -0.05) is 13.8 Å². The quantitative estimate of drug-likeness (QED) is 0.617. The van der Waals surface area contributed by atoms with Gasteiger partial charge >= 0.3 is 12.1 Å². The molecule has 2 unspecified atom stereocenters. The number of hydrogen-bond donors (Lipinski definition) is 1. The van der Waals surface area contributed by atoms with Crippen LogP contribution in [-0.4, -0.2) is 63.8 Å². The molecule has 32 heavy (non-hydrogen) atoms. The van der Waals surface area contributed by atoms with Crippen LogP contribution in [0.3, 0.4) is 0 Å². The van der Waals surface area contributed by atoms with E-state index in [-0.39, 0.29) is 18.8 Å². The van der Waals surface area contributed by atoms with Gasteiger partial charge in [-0.25, -0.2) is 4.79 Å². The third-order valence-corrected chi connectivity index (χ3v) is 8.11. The average Bonchev–Trinajstić information content (AvgIpc) is 3.25. The number of nitriles is 1. The van der Waals surface area contributed by atoms with Gasteiger partial charge in [0.1, 0.15) is 6.04 Å². The fourth-order valence-corrected chi connectivity index (χ4v) is 6.56. The van der Waals surface area contributed by atoms with E-state index in [1.165, 1.54) is 0 Å². The van der Waals surface area contributed by atoms with Gasteiger partial charge in [0.05, 0.1) is 12.1 Å². The van der Waals surface area contributed by atoms with Crippen molar-refractivity contribution in [2.75, 3.05) is 0 Å². The summed E-state index contributed by atoms with van der Waals surface area (Å²) in [6, 6.07) is 1.31. The van der Waals surface area contributed by atoms with Crippen molar-refractivity contribution < 1.29 is 27.5 Å². The number of hydrogen-bond acceptors (Lipinski definition) is 6. The molecule has 3 heterocycles. The Balaban J connectivity index is 1.50. The molecule has 3 aliphatic heterocycles. The van der Waals surface area contributed by atoms with Gasteiger partial charge in [-0.05, 0) is 50.9 Å². The highest BCUT2D eigenvalue weighted by Crippen LogP contribution is 2.59. The van der Waals surface area contributed by atoms with Gasteiger partial charge in [0.15, 0.2) is 5.72 Å². The fourth-order valence-electron chi connectivity index (χ4n) is 6.56. The second-order valence-electron chi connectivity index (χ2n) is 9.78. The predicted molar refractivity (Wildman–Crippen MR) is 108 cm³/mol. The zero-order valence-electron chi connectivity index (χ0n) is 18.5. The van der Waals surface area contributed by atoms with Crippen LogP contribution in [0.2, 0.25) is 0 Å². The van der Waals surface area contributed by atoms with Crippen molar-refractivity contribution in [1.29, 1.82) is 5.26 Å². The summed E-state index contributed by atoms with van der Waals surface area (Å²) >= 11 is 0. The van der Waals surface area contributed by atoms with E-state index in [4.69, 9.17) is 10.5 Å². The van der Waals surface area contributed by atoms with Gasteiger partial charge in [-0.2, -0.15) is 18.4 Å². The number of alkyl halides is 3. The van der Waals surface area contributed by atoms with Crippen LogP contribution in [0.5, 0.6) is 0 Å². The molecular formula is C22H31F3N4O3. The average molecular weight is 457 g/mol. The highest BCUT2D eigenvalue weighted by molar-refractivity contribution is 5.85. The normalized spacial score (nSPS) is 37.2. The number of nitrogens with zero attached hydrogens (tertiary/aromatic N) is 3. The molecule has 178 valence electrons. The molecule has 7 nitrogen and oxygen atoms in total. The van der Waals surface area contributed by atoms with E-state index in [1.807, 2.05) is 6.07 Å². The molecule has 1 aliphatic carbocycles. The van der Waals surface area contributed by atoms with Gasteiger partial charge in [-0.3, -0.25) is 14.6 Å². The van der Waals surface area contributed by atoms with Gasteiger partial charge in [0, 0.05) is 30.5 Å². The molecule has 0 spiro atoms. The third kappa shape index (κ3) is 3.67. The minimum atomic E-state index is -5.16. The fraction of sp³-hybridized carbons (Fsp3) is 0.864. The molecule has 1 amide bonds. The number of likely N-dealkylation sites (tertiary alicyclic amines) is 1. The van der Waals surface area contributed by atoms with E-state index in [1.54, 1.807) is 0 Å². The van der Waals surface area contributed by atoms with Crippen molar-refractivity contribution in [1.82, 2.24) is 9.80 Å². The van der Waals surface area contributed by atoms with E-state index in [0.29, 0.717) is 18.1 Å². The highest BCUT2D eigenvalue weighted by atomic mass is 19.4. The Bertz CT molecular complexity index is 797. The van der Waals surface area contributed by atoms with Crippen LogP contribution in [-0.2, 0) is 14.3 Å². The Morgan fingerprint density at radius 3 is 2.28 bits per heavy atom. The molecule has 4 fully saturated rings. The molecule has 0 aromatic rings. The van der Waals surface area contributed by atoms with E-state index in [2.05, 4.69) is 18.7 Å². The Labute approximate surface area is 186 Å². The summed E-state index contributed by atoms with van der Waals surface area (Å²) in [5.41, 5.74) is 4.72. The molecule has 0 aromatic carbocycles. The van der Waals surface area contributed by atoms with Gasteiger partial charge < -0.3 is 10.5 Å². The van der Waals surface area contributed by atoms with Gasteiger partial charge in [0.2, 0.25) is 5.91 Å². The van der Waals surface area contributed by atoms with Gasteiger partial charge in [-0.15, -0.1) is 0 Å².